The van der Waals surface area contributed by atoms with Crippen LogP contribution in [0.15, 0.2) is 66.9 Å². The lowest BCUT2D eigenvalue weighted by molar-refractivity contribution is 0.0267. The summed E-state index contributed by atoms with van der Waals surface area (Å²) in [6.45, 7) is 0.334. The van der Waals surface area contributed by atoms with E-state index in [9.17, 15) is 9.59 Å². The molecule has 0 spiro atoms. The number of carbonyl (C=O) groups is 2. The maximum atomic E-state index is 13.2. The largest absolute Gasteiger partial charge is 0.497 e. The van der Waals surface area contributed by atoms with Gasteiger partial charge in [0.05, 0.1) is 19.8 Å². The van der Waals surface area contributed by atoms with E-state index in [2.05, 4.69) is 15.6 Å². The van der Waals surface area contributed by atoms with Gasteiger partial charge in [0.2, 0.25) is 0 Å². The van der Waals surface area contributed by atoms with Gasteiger partial charge in [0.1, 0.15) is 11.6 Å². The van der Waals surface area contributed by atoms with Crippen LogP contribution in [0, 0.1) is 0 Å². The highest BCUT2D eigenvalue weighted by atomic mass is 16.5. The number of anilines is 2. The van der Waals surface area contributed by atoms with Crippen molar-refractivity contribution >= 4 is 23.4 Å². The van der Waals surface area contributed by atoms with E-state index in [1.807, 2.05) is 24.3 Å². The normalized spacial score (nSPS) is 19.0. The number of ether oxygens (including phenoxy) is 2. The zero-order valence-electron chi connectivity index (χ0n) is 16.7. The standard InChI is InChI=1S/C23H20N4O4/c1-30-15-7-4-6-14(12-15)22-27-18(13-31-22)20-16(21(27)28)8-5-9-17(20)25-23(29)26-19-10-2-3-11-24-19/h2-12,18,22H,13H2,1H3,(H2,24,25,26,29). The van der Waals surface area contributed by atoms with Crippen molar-refractivity contribution in [1.82, 2.24) is 9.88 Å². The van der Waals surface area contributed by atoms with Crippen LogP contribution in [0.25, 0.3) is 0 Å². The third kappa shape index (κ3) is 3.36. The first-order chi connectivity index (χ1) is 15.2. The SMILES string of the molecule is COc1cccc(C2OCC3c4c(NC(=O)Nc5ccccn5)cccc4C(=O)N32)c1. The van der Waals surface area contributed by atoms with Crippen molar-refractivity contribution in [3.05, 3.63) is 83.6 Å². The quantitative estimate of drug-likeness (QED) is 0.672. The zero-order chi connectivity index (χ0) is 21.4. The van der Waals surface area contributed by atoms with E-state index in [4.69, 9.17) is 9.47 Å². The molecule has 2 atom stereocenters. The van der Waals surface area contributed by atoms with Crippen LogP contribution in [-0.2, 0) is 4.74 Å². The van der Waals surface area contributed by atoms with E-state index in [0.29, 0.717) is 29.4 Å². The number of amides is 3. The van der Waals surface area contributed by atoms with E-state index in [0.717, 1.165) is 11.1 Å². The molecule has 3 aromatic rings. The molecule has 5 rings (SSSR count). The monoisotopic (exact) mass is 416 g/mol. The Balaban J connectivity index is 1.42. The summed E-state index contributed by atoms with van der Waals surface area (Å²) in [5.41, 5.74) is 2.73. The zero-order valence-corrected chi connectivity index (χ0v) is 16.7. The van der Waals surface area contributed by atoms with Gasteiger partial charge in [0.25, 0.3) is 5.91 Å². The maximum Gasteiger partial charge on any atom is 0.324 e. The number of pyridine rings is 1. The van der Waals surface area contributed by atoms with E-state index in [1.54, 1.807) is 54.6 Å². The van der Waals surface area contributed by atoms with Gasteiger partial charge >= 0.3 is 6.03 Å². The van der Waals surface area contributed by atoms with Crippen LogP contribution in [0.3, 0.4) is 0 Å². The van der Waals surface area contributed by atoms with Gasteiger partial charge in [-0.05, 0) is 36.4 Å². The van der Waals surface area contributed by atoms with Crippen LogP contribution in [-0.4, -0.2) is 35.5 Å². The molecular weight excluding hydrogens is 396 g/mol. The van der Waals surface area contributed by atoms with Gasteiger partial charge < -0.3 is 14.8 Å². The molecule has 2 aliphatic heterocycles. The maximum absolute atomic E-state index is 13.2. The summed E-state index contributed by atoms with van der Waals surface area (Å²) < 4.78 is 11.3. The van der Waals surface area contributed by atoms with E-state index >= 15 is 0 Å². The van der Waals surface area contributed by atoms with Crippen LogP contribution in [0.4, 0.5) is 16.3 Å². The lowest BCUT2D eigenvalue weighted by Gasteiger charge is -2.23. The molecule has 0 radical (unpaired) electrons. The second-order valence-corrected chi connectivity index (χ2v) is 7.25. The van der Waals surface area contributed by atoms with Crippen molar-refractivity contribution < 1.29 is 19.1 Å². The smallest absolute Gasteiger partial charge is 0.324 e. The number of carbonyl (C=O) groups excluding carboxylic acids is 2. The highest BCUT2D eigenvalue weighted by Crippen LogP contribution is 2.48. The van der Waals surface area contributed by atoms with Crippen molar-refractivity contribution in [1.29, 1.82) is 0 Å². The number of nitrogens with one attached hydrogen (secondary N) is 2. The van der Waals surface area contributed by atoms with Crippen molar-refractivity contribution in [3.63, 3.8) is 0 Å². The predicted octanol–water partition coefficient (Wildman–Crippen LogP) is 3.96. The fourth-order valence-corrected chi connectivity index (χ4v) is 4.09. The van der Waals surface area contributed by atoms with Crippen molar-refractivity contribution in [2.75, 3.05) is 24.4 Å². The molecule has 0 aliphatic carbocycles. The highest BCUT2D eigenvalue weighted by Gasteiger charge is 2.48. The molecule has 31 heavy (non-hydrogen) atoms. The molecule has 2 aliphatic rings. The van der Waals surface area contributed by atoms with Crippen LogP contribution in [0.1, 0.15) is 33.8 Å². The topological polar surface area (TPSA) is 92.8 Å². The minimum Gasteiger partial charge on any atom is -0.497 e. The Labute approximate surface area is 178 Å². The first-order valence-corrected chi connectivity index (χ1v) is 9.86. The minimum absolute atomic E-state index is 0.126. The fourth-order valence-electron chi connectivity index (χ4n) is 4.09. The molecule has 1 saturated heterocycles. The van der Waals surface area contributed by atoms with Crippen molar-refractivity contribution in [3.8, 4) is 5.75 Å². The van der Waals surface area contributed by atoms with Crippen LogP contribution < -0.4 is 15.4 Å². The first-order valence-electron chi connectivity index (χ1n) is 9.86. The molecule has 0 saturated carbocycles. The Hall–Kier alpha value is -3.91. The average molecular weight is 416 g/mol. The summed E-state index contributed by atoms with van der Waals surface area (Å²) in [5.74, 6) is 1.01. The third-order valence-electron chi connectivity index (χ3n) is 5.44. The second-order valence-electron chi connectivity index (χ2n) is 7.25. The summed E-state index contributed by atoms with van der Waals surface area (Å²) in [7, 11) is 1.60. The molecule has 3 heterocycles. The van der Waals surface area contributed by atoms with E-state index in [-0.39, 0.29) is 11.9 Å². The Bertz CT molecular complexity index is 1150. The van der Waals surface area contributed by atoms with E-state index < -0.39 is 12.3 Å². The number of benzene rings is 2. The highest BCUT2D eigenvalue weighted by molar-refractivity contribution is 6.05. The number of hydrogen-bond donors (Lipinski definition) is 2. The summed E-state index contributed by atoms with van der Waals surface area (Å²) in [5, 5.41) is 5.55. The Kier molecular flexibility index (Phi) is 4.76. The number of fused-ring (bicyclic) bond motifs is 3. The second kappa shape index (κ2) is 7.73. The number of aromatic nitrogens is 1. The summed E-state index contributed by atoms with van der Waals surface area (Å²) in [6, 6.07) is 17.3. The molecule has 2 N–H and O–H groups in total. The van der Waals surface area contributed by atoms with Gasteiger partial charge in [0, 0.05) is 28.6 Å². The molecule has 0 bridgehead atoms. The lowest BCUT2D eigenvalue weighted by Crippen LogP contribution is -2.27. The molecule has 8 nitrogen and oxygen atoms in total. The molecule has 1 fully saturated rings. The van der Waals surface area contributed by atoms with Crippen LogP contribution in [0.5, 0.6) is 5.75 Å². The molecule has 2 unspecified atom stereocenters. The van der Waals surface area contributed by atoms with Gasteiger partial charge in [-0.2, -0.15) is 0 Å². The average Bonchev–Trinajstić information content (AvgIpc) is 3.35. The van der Waals surface area contributed by atoms with Crippen molar-refractivity contribution in [2.45, 2.75) is 12.3 Å². The fraction of sp³-hybridized carbons (Fsp3) is 0.174. The molecular formula is C23H20N4O4. The first kappa shape index (κ1) is 19.1. The lowest BCUT2D eigenvalue weighted by atomic mass is 10.0. The molecule has 2 aromatic carbocycles. The molecule has 1 aromatic heterocycles. The van der Waals surface area contributed by atoms with Gasteiger partial charge in [-0.1, -0.05) is 24.3 Å². The number of nitrogens with zero attached hydrogens (tertiary/aromatic N) is 2. The number of urea groups is 1. The van der Waals surface area contributed by atoms with Crippen LogP contribution >= 0.6 is 0 Å². The number of hydrogen-bond acceptors (Lipinski definition) is 5. The number of rotatable bonds is 4. The van der Waals surface area contributed by atoms with Crippen molar-refractivity contribution in [2.24, 2.45) is 0 Å². The minimum atomic E-state index is -0.518. The summed E-state index contributed by atoms with van der Waals surface area (Å²) in [6.07, 6.45) is 1.08. The molecule has 156 valence electrons. The van der Waals surface area contributed by atoms with Gasteiger partial charge in [-0.25, -0.2) is 9.78 Å². The third-order valence-corrected chi connectivity index (χ3v) is 5.44. The van der Waals surface area contributed by atoms with E-state index in [1.165, 1.54) is 0 Å². The molecule has 8 heteroatoms. The van der Waals surface area contributed by atoms with Crippen LogP contribution in [0.2, 0.25) is 0 Å². The Morgan fingerprint density at radius 2 is 2.00 bits per heavy atom. The predicted molar refractivity (Wildman–Crippen MR) is 114 cm³/mol. The Morgan fingerprint density at radius 1 is 1.13 bits per heavy atom. The van der Waals surface area contributed by atoms with Gasteiger partial charge in [0.15, 0.2) is 6.23 Å². The Morgan fingerprint density at radius 3 is 2.81 bits per heavy atom. The van der Waals surface area contributed by atoms with Gasteiger partial charge in [-0.15, -0.1) is 0 Å². The number of methoxy groups -OCH3 is 1. The van der Waals surface area contributed by atoms with Gasteiger partial charge in [-0.3, -0.25) is 15.0 Å². The summed E-state index contributed by atoms with van der Waals surface area (Å²) in [4.78, 5) is 31.5. The summed E-state index contributed by atoms with van der Waals surface area (Å²) >= 11 is 0. The molecule has 3 amide bonds.